The molecule has 0 spiro atoms. The van der Waals surface area contributed by atoms with Crippen molar-refractivity contribution in [2.75, 3.05) is 25.5 Å². The smallest absolute Gasteiger partial charge is 0.145 e. The van der Waals surface area contributed by atoms with E-state index in [0.29, 0.717) is 12.1 Å². The number of imidazole rings is 1. The Balaban J connectivity index is 0.000000349. The summed E-state index contributed by atoms with van der Waals surface area (Å²) < 4.78 is 6.77. The van der Waals surface area contributed by atoms with Gasteiger partial charge in [-0.05, 0) is 38.9 Å². The Morgan fingerprint density at radius 1 is 1.27 bits per heavy atom. The largest absolute Gasteiger partial charge is 0.382 e. The van der Waals surface area contributed by atoms with Gasteiger partial charge in [0.2, 0.25) is 0 Å². The van der Waals surface area contributed by atoms with Crippen molar-refractivity contribution in [2.45, 2.75) is 32.4 Å². The number of fused-ring (bicyclic) bond motifs is 1. The fourth-order valence-corrected chi connectivity index (χ4v) is 2.67. The normalized spacial score (nSPS) is 16.5. The molecule has 1 aliphatic heterocycles. The van der Waals surface area contributed by atoms with Crippen LogP contribution < -0.4 is 10.6 Å². The van der Waals surface area contributed by atoms with Crippen LogP contribution in [0.4, 0.5) is 5.82 Å². The number of pyridine rings is 1. The zero-order valence-corrected chi connectivity index (χ0v) is 15.5. The molecule has 3 aromatic heterocycles. The van der Waals surface area contributed by atoms with Gasteiger partial charge in [-0.15, -0.1) is 0 Å². The lowest BCUT2D eigenvalue weighted by Crippen LogP contribution is -2.22. The second-order valence-corrected chi connectivity index (χ2v) is 6.48. The molecule has 26 heavy (non-hydrogen) atoms. The summed E-state index contributed by atoms with van der Waals surface area (Å²) in [5.41, 5.74) is 2.68. The van der Waals surface area contributed by atoms with Gasteiger partial charge in [0.15, 0.2) is 0 Å². The van der Waals surface area contributed by atoms with Crippen LogP contribution >= 0.6 is 0 Å². The first kappa shape index (κ1) is 18.3. The molecule has 0 radical (unpaired) electrons. The number of aromatic nitrogens is 4. The van der Waals surface area contributed by atoms with E-state index >= 15 is 0 Å². The van der Waals surface area contributed by atoms with Gasteiger partial charge in [0.05, 0.1) is 30.4 Å². The Hall–Kier alpha value is -2.51. The van der Waals surface area contributed by atoms with Crippen LogP contribution in [0.25, 0.3) is 17.0 Å². The van der Waals surface area contributed by atoms with Crippen LogP contribution in [0.3, 0.4) is 0 Å². The van der Waals surface area contributed by atoms with E-state index < -0.39 is 0 Å². The van der Waals surface area contributed by atoms with Gasteiger partial charge in [-0.2, -0.15) is 0 Å². The maximum absolute atomic E-state index is 4.75. The first-order chi connectivity index (χ1) is 12.7. The number of rotatable bonds is 4. The number of anilines is 1. The van der Waals surface area contributed by atoms with E-state index in [0.717, 1.165) is 42.4 Å². The predicted octanol–water partition coefficient (Wildman–Crippen LogP) is 2.61. The quantitative estimate of drug-likeness (QED) is 0.750. The lowest BCUT2D eigenvalue weighted by Gasteiger charge is -2.12. The molecule has 7 heteroatoms. The van der Waals surface area contributed by atoms with Crippen molar-refractivity contribution < 1.29 is 4.74 Å². The van der Waals surface area contributed by atoms with Gasteiger partial charge in [0.25, 0.3) is 0 Å². The molecule has 0 aliphatic carbocycles. The third-order valence-electron chi connectivity index (χ3n) is 4.20. The number of ether oxygens (including phenoxy) is 1. The maximum atomic E-state index is 4.75. The van der Waals surface area contributed by atoms with Gasteiger partial charge in [-0.3, -0.25) is 9.38 Å². The van der Waals surface area contributed by atoms with E-state index in [1.54, 1.807) is 19.5 Å². The first-order valence-corrected chi connectivity index (χ1v) is 8.92. The van der Waals surface area contributed by atoms with Crippen LogP contribution in [-0.2, 0) is 4.74 Å². The maximum Gasteiger partial charge on any atom is 0.145 e. The van der Waals surface area contributed by atoms with E-state index in [-0.39, 0.29) is 0 Å². The fourth-order valence-electron chi connectivity index (χ4n) is 2.67. The van der Waals surface area contributed by atoms with Gasteiger partial charge in [0, 0.05) is 25.9 Å². The SMILES string of the molecule is COC(C)C.c1ccn2c(-c3cncc(NC4CCNC4)n3)cnc2c1. The van der Waals surface area contributed by atoms with Gasteiger partial charge in [-0.1, -0.05) is 6.07 Å². The molecule has 4 rings (SSSR count). The van der Waals surface area contributed by atoms with Crippen LogP contribution in [0.15, 0.2) is 43.0 Å². The third-order valence-corrected chi connectivity index (χ3v) is 4.20. The molecule has 0 bridgehead atoms. The Morgan fingerprint density at radius 2 is 2.12 bits per heavy atom. The van der Waals surface area contributed by atoms with Gasteiger partial charge in [0.1, 0.15) is 17.2 Å². The molecule has 1 saturated heterocycles. The van der Waals surface area contributed by atoms with E-state index in [4.69, 9.17) is 4.74 Å². The van der Waals surface area contributed by atoms with Crippen LogP contribution in [0.1, 0.15) is 20.3 Å². The minimum Gasteiger partial charge on any atom is -0.382 e. The van der Waals surface area contributed by atoms with Crippen molar-refractivity contribution in [2.24, 2.45) is 0 Å². The predicted molar refractivity (Wildman–Crippen MR) is 103 cm³/mol. The van der Waals surface area contributed by atoms with E-state index in [2.05, 4.69) is 25.6 Å². The zero-order chi connectivity index (χ0) is 18.4. The summed E-state index contributed by atoms with van der Waals surface area (Å²) in [5.74, 6) is 0.812. The van der Waals surface area contributed by atoms with Crippen LogP contribution in [0.2, 0.25) is 0 Å². The van der Waals surface area contributed by atoms with E-state index in [9.17, 15) is 0 Å². The summed E-state index contributed by atoms with van der Waals surface area (Å²) in [6, 6.07) is 6.36. The average Bonchev–Trinajstić information content (AvgIpc) is 3.32. The fraction of sp³-hybridized carbons (Fsp3) is 0.421. The molecule has 7 nitrogen and oxygen atoms in total. The summed E-state index contributed by atoms with van der Waals surface area (Å²) >= 11 is 0. The monoisotopic (exact) mass is 354 g/mol. The molecule has 3 aromatic rings. The molecule has 0 amide bonds. The van der Waals surface area contributed by atoms with Crippen molar-refractivity contribution in [3.8, 4) is 11.4 Å². The van der Waals surface area contributed by atoms with Crippen LogP contribution in [0, 0.1) is 0 Å². The second-order valence-electron chi connectivity index (χ2n) is 6.48. The van der Waals surface area contributed by atoms with Crippen LogP contribution in [-0.4, -0.2) is 51.7 Å². The highest BCUT2D eigenvalue weighted by atomic mass is 16.5. The number of hydrogen-bond acceptors (Lipinski definition) is 6. The average molecular weight is 354 g/mol. The summed E-state index contributed by atoms with van der Waals surface area (Å²) in [6.45, 7) is 6.03. The number of methoxy groups -OCH3 is 1. The van der Waals surface area contributed by atoms with Crippen molar-refractivity contribution in [3.05, 3.63) is 43.0 Å². The first-order valence-electron chi connectivity index (χ1n) is 8.92. The number of nitrogens with one attached hydrogen (secondary N) is 2. The van der Waals surface area contributed by atoms with E-state index in [1.165, 1.54) is 0 Å². The molecule has 1 unspecified atom stereocenters. The van der Waals surface area contributed by atoms with E-state index in [1.807, 2.05) is 48.8 Å². The third kappa shape index (κ3) is 4.56. The molecule has 1 fully saturated rings. The summed E-state index contributed by atoms with van der Waals surface area (Å²) in [4.78, 5) is 13.4. The number of nitrogens with zero attached hydrogens (tertiary/aromatic N) is 4. The summed E-state index contributed by atoms with van der Waals surface area (Å²) in [5, 5.41) is 6.76. The molecular weight excluding hydrogens is 328 g/mol. The molecule has 1 aliphatic rings. The van der Waals surface area contributed by atoms with Crippen molar-refractivity contribution in [1.82, 2.24) is 24.7 Å². The molecule has 4 heterocycles. The highest BCUT2D eigenvalue weighted by Gasteiger charge is 2.15. The highest BCUT2D eigenvalue weighted by molar-refractivity contribution is 5.60. The Morgan fingerprint density at radius 3 is 2.85 bits per heavy atom. The zero-order valence-electron chi connectivity index (χ0n) is 15.5. The summed E-state index contributed by atoms with van der Waals surface area (Å²) in [7, 11) is 1.70. The van der Waals surface area contributed by atoms with Gasteiger partial charge in [-0.25, -0.2) is 9.97 Å². The van der Waals surface area contributed by atoms with Crippen molar-refractivity contribution >= 4 is 11.5 Å². The van der Waals surface area contributed by atoms with Crippen molar-refractivity contribution in [3.63, 3.8) is 0 Å². The molecule has 2 N–H and O–H groups in total. The van der Waals surface area contributed by atoms with Crippen molar-refractivity contribution in [1.29, 1.82) is 0 Å². The highest BCUT2D eigenvalue weighted by Crippen LogP contribution is 2.19. The Labute approximate surface area is 153 Å². The molecular formula is C19H26N6O. The molecule has 0 aromatic carbocycles. The minimum atomic E-state index is 0.384. The Kier molecular flexibility index (Phi) is 6.14. The topological polar surface area (TPSA) is 76.4 Å². The molecule has 138 valence electrons. The molecule has 0 saturated carbocycles. The van der Waals surface area contributed by atoms with Crippen LogP contribution in [0.5, 0.6) is 0 Å². The standard InChI is InChI=1S/C15H16N6.C4H10O/c1-2-6-21-13(9-18-15(21)3-1)12-8-17-10-14(20-12)19-11-4-5-16-7-11;1-4(2)5-3/h1-3,6,8-11,16H,4-5,7H2,(H,19,20);4H,1-3H3. The molecule has 1 atom stereocenters. The van der Waals surface area contributed by atoms with Gasteiger partial charge >= 0.3 is 0 Å². The lowest BCUT2D eigenvalue weighted by atomic mass is 10.2. The lowest BCUT2D eigenvalue weighted by molar-refractivity contribution is 0.134. The number of hydrogen-bond donors (Lipinski definition) is 2. The minimum absolute atomic E-state index is 0.384. The van der Waals surface area contributed by atoms with Gasteiger partial charge < -0.3 is 15.4 Å². The summed E-state index contributed by atoms with van der Waals surface area (Å²) in [6.07, 6.45) is 8.86. The second kappa shape index (κ2) is 8.73. The Bertz CT molecular complexity index is 826.